The first-order valence-corrected chi connectivity index (χ1v) is 8.25. The van der Waals surface area contributed by atoms with Crippen LogP contribution in [-0.4, -0.2) is 12.0 Å². The number of rotatable bonds is 4. The quantitative estimate of drug-likeness (QED) is 0.555. The maximum Gasteiger partial charge on any atom is 0.265 e. The fraction of sp³-hybridized carbons (Fsp3) is 0.0952. The van der Waals surface area contributed by atoms with E-state index >= 15 is 0 Å². The lowest BCUT2D eigenvalue weighted by atomic mass is 10.1. The predicted octanol–water partition coefficient (Wildman–Crippen LogP) is 5.13. The van der Waals surface area contributed by atoms with Gasteiger partial charge in [-0.3, -0.25) is 4.79 Å². The number of furan rings is 1. The van der Waals surface area contributed by atoms with Crippen LogP contribution < -0.4 is 10.1 Å². The third kappa shape index (κ3) is 2.99. The van der Waals surface area contributed by atoms with Crippen molar-refractivity contribution in [3.8, 4) is 5.75 Å². The molecule has 1 atom stereocenters. The minimum absolute atomic E-state index is 0.129. The van der Waals surface area contributed by atoms with E-state index in [0.717, 1.165) is 21.9 Å². The highest BCUT2D eigenvalue weighted by molar-refractivity contribution is 6.05. The Balaban J connectivity index is 1.55. The molecule has 0 aliphatic carbocycles. The lowest BCUT2D eigenvalue weighted by Crippen LogP contribution is -2.30. The Morgan fingerprint density at radius 1 is 1.00 bits per heavy atom. The van der Waals surface area contributed by atoms with Crippen LogP contribution in [0.2, 0.25) is 0 Å². The van der Waals surface area contributed by atoms with Crippen molar-refractivity contribution in [3.63, 3.8) is 0 Å². The van der Waals surface area contributed by atoms with Crippen LogP contribution in [0.15, 0.2) is 71.1 Å². The summed E-state index contributed by atoms with van der Waals surface area (Å²) in [6.45, 7) is 1.62. The van der Waals surface area contributed by atoms with Gasteiger partial charge < -0.3 is 14.5 Å². The number of carbonyl (C=O) groups excluding carboxylic acids is 1. The van der Waals surface area contributed by atoms with Crippen LogP contribution in [0.25, 0.3) is 21.9 Å². The second-order valence-electron chi connectivity index (χ2n) is 5.99. The number of amides is 1. The summed E-state index contributed by atoms with van der Waals surface area (Å²) in [6.07, 6.45) is -0.787. The van der Waals surface area contributed by atoms with Crippen molar-refractivity contribution in [3.05, 3.63) is 72.5 Å². The summed E-state index contributed by atoms with van der Waals surface area (Å²) in [6, 6.07) is 19.1. The van der Waals surface area contributed by atoms with Crippen molar-refractivity contribution in [2.75, 3.05) is 5.32 Å². The number of ether oxygens (including phenoxy) is 1. The van der Waals surface area contributed by atoms with Crippen LogP contribution in [0.3, 0.4) is 0 Å². The van der Waals surface area contributed by atoms with Crippen molar-refractivity contribution in [2.24, 2.45) is 0 Å². The molecule has 0 aliphatic rings. The molecular formula is C21H16FNO3. The van der Waals surface area contributed by atoms with Crippen LogP contribution in [0, 0.1) is 5.82 Å². The maximum absolute atomic E-state index is 13.7. The van der Waals surface area contributed by atoms with Crippen LogP contribution in [0.1, 0.15) is 6.92 Å². The maximum atomic E-state index is 13.7. The van der Waals surface area contributed by atoms with E-state index in [9.17, 15) is 9.18 Å². The lowest BCUT2D eigenvalue weighted by Gasteiger charge is -2.15. The molecular weight excluding hydrogens is 333 g/mol. The molecule has 0 fully saturated rings. The number of halogens is 1. The lowest BCUT2D eigenvalue weighted by molar-refractivity contribution is -0.122. The van der Waals surface area contributed by atoms with Crippen LogP contribution in [0.5, 0.6) is 5.75 Å². The zero-order valence-corrected chi connectivity index (χ0v) is 14.0. The number of benzene rings is 3. The van der Waals surface area contributed by atoms with Gasteiger partial charge in [0.05, 0.1) is 5.69 Å². The number of hydrogen-bond donors (Lipinski definition) is 1. The van der Waals surface area contributed by atoms with E-state index in [1.54, 1.807) is 25.1 Å². The average molecular weight is 349 g/mol. The predicted molar refractivity (Wildman–Crippen MR) is 98.8 cm³/mol. The highest BCUT2D eigenvalue weighted by Gasteiger charge is 2.17. The number of para-hydroxylation sites is 2. The zero-order chi connectivity index (χ0) is 18.1. The van der Waals surface area contributed by atoms with Gasteiger partial charge in [0.25, 0.3) is 5.91 Å². The molecule has 26 heavy (non-hydrogen) atoms. The summed E-state index contributed by atoms with van der Waals surface area (Å²) >= 11 is 0. The Kier molecular flexibility index (Phi) is 4.05. The first-order valence-electron chi connectivity index (χ1n) is 8.25. The van der Waals surface area contributed by atoms with Crippen molar-refractivity contribution < 1.29 is 18.3 Å². The van der Waals surface area contributed by atoms with Gasteiger partial charge in [-0.1, -0.05) is 30.3 Å². The number of fused-ring (bicyclic) bond motifs is 3. The minimum atomic E-state index is -0.787. The molecule has 1 amide bonds. The molecule has 0 radical (unpaired) electrons. The molecule has 0 aliphatic heterocycles. The highest BCUT2D eigenvalue weighted by Crippen LogP contribution is 2.31. The normalized spacial score (nSPS) is 12.2. The molecule has 4 nitrogen and oxygen atoms in total. The number of nitrogens with one attached hydrogen (secondary N) is 1. The summed E-state index contributed by atoms with van der Waals surface area (Å²) in [4.78, 5) is 12.3. The molecule has 1 N–H and O–H groups in total. The van der Waals surface area contributed by atoms with E-state index in [1.807, 2.05) is 36.4 Å². The summed E-state index contributed by atoms with van der Waals surface area (Å²) in [5, 5.41) is 4.43. The third-order valence-corrected chi connectivity index (χ3v) is 4.16. The van der Waals surface area contributed by atoms with Gasteiger partial charge in [0.1, 0.15) is 22.7 Å². The molecule has 130 valence electrons. The molecule has 0 unspecified atom stereocenters. The molecule has 3 aromatic carbocycles. The number of anilines is 1. The average Bonchev–Trinajstić information content (AvgIpc) is 3.01. The largest absolute Gasteiger partial charge is 0.481 e. The SMILES string of the molecule is C[C@@H](Oc1ccc2oc3ccccc3c2c1)C(=O)Nc1ccccc1F. The monoisotopic (exact) mass is 349 g/mol. The van der Waals surface area contributed by atoms with E-state index in [1.165, 1.54) is 12.1 Å². The molecule has 1 heterocycles. The fourth-order valence-electron chi connectivity index (χ4n) is 2.83. The Morgan fingerprint density at radius 3 is 2.58 bits per heavy atom. The van der Waals surface area contributed by atoms with Gasteiger partial charge in [-0.2, -0.15) is 0 Å². The Hall–Kier alpha value is -3.34. The molecule has 0 saturated heterocycles. The second kappa shape index (κ2) is 6.52. The van der Waals surface area contributed by atoms with Gasteiger partial charge in [-0.15, -0.1) is 0 Å². The fourth-order valence-corrected chi connectivity index (χ4v) is 2.83. The van der Waals surface area contributed by atoms with Crippen molar-refractivity contribution in [2.45, 2.75) is 13.0 Å². The first-order chi connectivity index (χ1) is 12.6. The summed E-state index contributed by atoms with van der Waals surface area (Å²) in [5.74, 6) is -0.369. The zero-order valence-electron chi connectivity index (χ0n) is 14.0. The van der Waals surface area contributed by atoms with Gasteiger partial charge >= 0.3 is 0 Å². The minimum Gasteiger partial charge on any atom is -0.481 e. The Bertz CT molecular complexity index is 1100. The Morgan fingerprint density at radius 2 is 1.73 bits per heavy atom. The molecule has 0 bridgehead atoms. The molecule has 5 heteroatoms. The van der Waals surface area contributed by atoms with Gasteiger partial charge in [0.2, 0.25) is 0 Å². The summed E-state index contributed by atoms with van der Waals surface area (Å²) < 4.78 is 25.2. The molecule has 1 aromatic heterocycles. The molecule has 4 rings (SSSR count). The van der Waals surface area contributed by atoms with E-state index in [-0.39, 0.29) is 5.69 Å². The third-order valence-electron chi connectivity index (χ3n) is 4.16. The molecule has 0 saturated carbocycles. The molecule has 4 aromatic rings. The van der Waals surface area contributed by atoms with Crippen molar-refractivity contribution in [1.82, 2.24) is 0 Å². The summed E-state index contributed by atoms with van der Waals surface area (Å²) in [7, 11) is 0. The number of hydrogen-bond acceptors (Lipinski definition) is 3. The van der Waals surface area contributed by atoms with Crippen LogP contribution in [0.4, 0.5) is 10.1 Å². The van der Waals surface area contributed by atoms with E-state index in [2.05, 4.69) is 5.32 Å². The highest BCUT2D eigenvalue weighted by atomic mass is 19.1. The Labute approximate surface area is 149 Å². The van der Waals surface area contributed by atoms with E-state index in [4.69, 9.17) is 9.15 Å². The molecule has 0 spiro atoms. The van der Waals surface area contributed by atoms with Crippen molar-refractivity contribution in [1.29, 1.82) is 0 Å². The van der Waals surface area contributed by atoms with Gasteiger partial charge in [-0.25, -0.2) is 4.39 Å². The van der Waals surface area contributed by atoms with Gasteiger partial charge in [0, 0.05) is 10.8 Å². The van der Waals surface area contributed by atoms with Crippen molar-refractivity contribution >= 4 is 33.5 Å². The number of carbonyl (C=O) groups is 1. The van der Waals surface area contributed by atoms with E-state index in [0.29, 0.717) is 5.75 Å². The van der Waals surface area contributed by atoms with Crippen LogP contribution in [-0.2, 0) is 4.79 Å². The van der Waals surface area contributed by atoms with Crippen LogP contribution >= 0.6 is 0 Å². The van der Waals surface area contributed by atoms with Gasteiger partial charge in [0.15, 0.2) is 6.10 Å². The summed E-state index contributed by atoms with van der Waals surface area (Å²) in [5.41, 5.74) is 1.68. The topological polar surface area (TPSA) is 51.5 Å². The second-order valence-corrected chi connectivity index (χ2v) is 5.99. The van der Waals surface area contributed by atoms with Gasteiger partial charge in [-0.05, 0) is 43.3 Å². The van der Waals surface area contributed by atoms with E-state index < -0.39 is 17.8 Å². The smallest absolute Gasteiger partial charge is 0.265 e. The standard InChI is InChI=1S/C21H16FNO3/c1-13(21(24)23-18-8-4-3-7-17(18)22)25-14-10-11-20-16(12-14)15-6-2-5-9-19(15)26-20/h2-13H,1H3,(H,23,24)/t13-/m1/s1. The first kappa shape index (κ1) is 16.1.